The zero-order valence-corrected chi connectivity index (χ0v) is 15.8. The molecule has 3 rings (SSSR count). The molecule has 2 atom stereocenters. The Hall–Kier alpha value is -2.29. The van der Waals surface area contributed by atoms with Gasteiger partial charge in [-0.25, -0.2) is 4.39 Å². The maximum absolute atomic E-state index is 14.2. The van der Waals surface area contributed by atoms with Crippen LogP contribution in [0.5, 0.6) is 5.75 Å². The highest BCUT2D eigenvalue weighted by atomic mass is 19.1. The number of aryl methyl sites for hydroxylation is 1. The molecule has 0 spiro atoms. The molecule has 2 unspecified atom stereocenters. The van der Waals surface area contributed by atoms with Crippen LogP contribution in [0.25, 0.3) is 11.1 Å². The van der Waals surface area contributed by atoms with Gasteiger partial charge in [-0.15, -0.1) is 0 Å². The van der Waals surface area contributed by atoms with E-state index < -0.39 is 0 Å². The lowest BCUT2D eigenvalue weighted by Gasteiger charge is -2.12. The number of aliphatic hydroxyl groups is 1. The van der Waals surface area contributed by atoms with E-state index in [1.54, 1.807) is 12.1 Å². The smallest absolute Gasteiger partial charge is 0.131 e. The molecule has 1 aliphatic carbocycles. The average molecular weight is 354 g/mol. The molecular formula is C23H27FO2. The number of ether oxygens (including phenoxy) is 1. The van der Waals surface area contributed by atoms with E-state index in [2.05, 4.69) is 25.6 Å². The van der Waals surface area contributed by atoms with Gasteiger partial charge in [0.05, 0.1) is 11.9 Å². The molecule has 2 nitrogen and oxygen atoms in total. The maximum Gasteiger partial charge on any atom is 0.131 e. The normalized spacial score (nSPS) is 21.7. The number of aliphatic hydroxyl groups excluding tert-OH is 1. The highest BCUT2D eigenvalue weighted by Gasteiger charge is 2.51. The van der Waals surface area contributed by atoms with Crippen molar-refractivity contribution in [3.63, 3.8) is 0 Å². The number of allylic oxidation sites excluding steroid dienone is 1. The first-order valence-electron chi connectivity index (χ1n) is 9.23. The highest BCUT2D eigenvalue weighted by Crippen LogP contribution is 2.58. The molecule has 2 aromatic carbocycles. The minimum atomic E-state index is -0.246. The molecule has 0 aliphatic heterocycles. The fourth-order valence-electron chi connectivity index (χ4n) is 3.49. The third kappa shape index (κ3) is 3.92. The van der Waals surface area contributed by atoms with E-state index >= 15 is 0 Å². The quantitative estimate of drug-likeness (QED) is 0.590. The van der Waals surface area contributed by atoms with Gasteiger partial charge in [-0.2, -0.15) is 0 Å². The van der Waals surface area contributed by atoms with Crippen molar-refractivity contribution in [2.75, 3.05) is 0 Å². The number of hydrogen-bond donors (Lipinski definition) is 1. The van der Waals surface area contributed by atoms with E-state index in [9.17, 15) is 9.50 Å². The van der Waals surface area contributed by atoms with Gasteiger partial charge in [0, 0.05) is 11.0 Å². The Kier molecular flexibility index (Phi) is 5.08. The molecule has 1 saturated carbocycles. The molecular weight excluding hydrogens is 327 g/mol. The van der Waals surface area contributed by atoms with Crippen molar-refractivity contribution in [3.8, 4) is 16.9 Å². The summed E-state index contributed by atoms with van der Waals surface area (Å²) in [7, 11) is 0. The maximum atomic E-state index is 14.2. The van der Waals surface area contributed by atoms with Crippen molar-refractivity contribution < 1.29 is 14.2 Å². The average Bonchev–Trinajstić information content (AvgIpc) is 3.27. The number of benzene rings is 2. The van der Waals surface area contributed by atoms with E-state index in [-0.39, 0.29) is 17.3 Å². The Morgan fingerprint density at radius 3 is 2.54 bits per heavy atom. The number of halogens is 1. The zero-order valence-electron chi connectivity index (χ0n) is 15.8. The molecule has 1 fully saturated rings. The molecule has 1 N–H and O–H groups in total. The van der Waals surface area contributed by atoms with E-state index in [1.807, 2.05) is 26.0 Å². The van der Waals surface area contributed by atoms with E-state index in [0.717, 1.165) is 24.8 Å². The van der Waals surface area contributed by atoms with E-state index in [4.69, 9.17) is 4.74 Å². The second-order valence-corrected chi connectivity index (χ2v) is 7.81. The summed E-state index contributed by atoms with van der Waals surface area (Å²) in [5.41, 5.74) is 2.53. The standard InChI is InChI=1S/C23H27FO2/c1-15(2)26-20-11-12-22(24)21(13-20)18-8-5-17(6-9-18)7-10-19-14-23(19,4)16(3)25/h5-6,8-9,11-13,15,19,25H,3,7,10,14H2,1-2,4H3. The first-order valence-corrected chi connectivity index (χ1v) is 9.23. The fraction of sp³-hybridized carbons (Fsp3) is 0.391. The van der Waals surface area contributed by atoms with Gasteiger partial charge in [0.25, 0.3) is 0 Å². The van der Waals surface area contributed by atoms with Gasteiger partial charge in [0.2, 0.25) is 0 Å². The fourth-order valence-corrected chi connectivity index (χ4v) is 3.49. The summed E-state index contributed by atoms with van der Waals surface area (Å²) in [5, 5.41) is 9.64. The van der Waals surface area contributed by atoms with Crippen LogP contribution in [0.1, 0.15) is 39.2 Å². The molecule has 2 aromatic rings. The van der Waals surface area contributed by atoms with Gasteiger partial charge in [-0.1, -0.05) is 37.8 Å². The molecule has 0 radical (unpaired) electrons. The van der Waals surface area contributed by atoms with Crippen molar-refractivity contribution in [1.82, 2.24) is 0 Å². The first kappa shape index (κ1) is 18.5. The van der Waals surface area contributed by atoms with Gasteiger partial charge in [0.1, 0.15) is 11.6 Å². The molecule has 0 heterocycles. The lowest BCUT2D eigenvalue weighted by molar-refractivity contribution is 0.242. The summed E-state index contributed by atoms with van der Waals surface area (Å²) < 4.78 is 19.9. The molecule has 0 saturated heterocycles. The van der Waals surface area contributed by atoms with Crippen LogP contribution in [0, 0.1) is 17.2 Å². The SMILES string of the molecule is C=C(O)C1(C)CC1CCc1ccc(-c2cc(OC(C)C)ccc2F)cc1. The summed E-state index contributed by atoms with van der Waals surface area (Å²) in [5.74, 6) is 1.24. The van der Waals surface area contributed by atoms with E-state index in [1.165, 1.54) is 11.6 Å². The zero-order chi connectivity index (χ0) is 18.9. The lowest BCUT2D eigenvalue weighted by atomic mass is 9.98. The van der Waals surface area contributed by atoms with Gasteiger partial charge in [-0.3, -0.25) is 0 Å². The Bertz CT molecular complexity index is 794. The Morgan fingerprint density at radius 1 is 1.27 bits per heavy atom. The number of hydrogen-bond acceptors (Lipinski definition) is 2. The van der Waals surface area contributed by atoms with Gasteiger partial charge in [-0.05, 0) is 68.4 Å². The van der Waals surface area contributed by atoms with Crippen LogP contribution in [0.15, 0.2) is 54.8 Å². The Balaban J connectivity index is 1.67. The summed E-state index contributed by atoms with van der Waals surface area (Å²) in [6.45, 7) is 9.66. The molecule has 3 heteroatoms. The Morgan fingerprint density at radius 2 is 1.96 bits per heavy atom. The summed E-state index contributed by atoms with van der Waals surface area (Å²) in [6, 6.07) is 12.9. The first-order chi connectivity index (χ1) is 12.3. The lowest BCUT2D eigenvalue weighted by Crippen LogP contribution is -2.05. The topological polar surface area (TPSA) is 29.5 Å². The van der Waals surface area contributed by atoms with Crippen molar-refractivity contribution in [3.05, 3.63) is 66.2 Å². The van der Waals surface area contributed by atoms with E-state index in [0.29, 0.717) is 23.0 Å². The molecule has 0 bridgehead atoms. The largest absolute Gasteiger partial charge is 0.512 e. The van der Waals surface area contributed by atoms with Gasteiger partial charge >= 0.3 is 0 Å². The minimum absolute atomic E-state index is 0.0544. The molecule has 26 heavy (non-hydrogen) atoms. The van der Waals surface area contributed by atoms with Gasteiger partial charge < -0.3 is 9.84 Å². The highest BCUT2D eigenvalue weighted by molar-refractivity contribution is 5.66. The van der Waals surface area contributed by atoms with Crippen LogP contribution < -0.4 is 4.74 Å². The predicted octanol–water partition coefficient (Wildman–Crippen LogP) is 6.31. The van der Waals surface area contributed by atoms with Crippen molar-refractivity contribution in [2.24, 2.45) is 11.3 Å². The molecule has 138 valence electrons. The molecule has 1 aliphatic rings. The van der Waals surface area contributed by atoms with Crippen LogP contribution in [0.3, 0.4) is 0 Å². The van der Waals surface area contributed by atoms with Crippen molar-refractivity contribution in [2.45, 2.75) is 46.1 Å². The van der Waals surface area contributed by atoms with Crippen molar-refractivity contribution in [1.29, 1.82) is 0 Å². The third-order valence-electron chi connectivity index (χ3n) is 5.43. The van der Waals surface area contributed by atoms with Crippen molar-refractivity contribution >= 4 is 0 Å². The number of rotatable bonds is 7. The van der Waals surface area contributed by atoms with Crippen LogP contribution in [0.4, 0.5) is 4.39 Å². The summed E-state index contributed by atoms with van der Waals surface area (Å²) >= 11 is 0. The summed E-state index contributed by atoms with van der Waals surface area (Å²) in [4.78, 5) is 0. The molecule has 0 amide bonds. The van der Waals surface area contributed by atoms with Crippen LogP contribution in [0.2, 0.25) is 0 Å². The third-order valence-corrected chi connectivity index (χ3v) is 5.43. The van der Waals surface area contributed by atoms with Crippen LogP contribution in [-0.4, -0.2) is 11.2 Å². The monoisotopic (exact) mass is 354 g/mol. The minimum Gasteiger partial charge on any atom is -0.512 e. The summed E-state index contributed by atoms with van der Waals surface area (Å²) in [6.07, 6.45) is 3.04. The van der Waals surface area contributed by atoms with Gasteiger partial charge in [0.15, 0.2) is 0 Å². The second-order valence-electron chi connectivity index (χ2n) is 7.81. The molecule has 0 aromatic heterocycles. The van der Waals surface area contributed by atoms with Crippen LogP contribution >= 0.6 is 0 Å². The van der Waals surface area contributed by atoms with Crippen LogP contribution in [-0.2, 0) is 6.42 Å². The predicted molar refractivity (Wildman–Crippen MR) is 104 cm³/mol. The second kappa shape index (κ2) is 7.14. The Labute approximate surface area is 155 Å².